The molecule has 0 saturated heterocycles. The summed E-state index contributed by atoms with van der Waals surface area (Å²) in [5, 5.41) is 2.92. The number of nitrogens with zero attached hydrogens (tertiary/aromatic N) is 2. The largest absolute Gasteiger partial charge is 0.346 e. The molecule has 0 aliphatic carbocycles. The molecule has 5 heteroatoms. The Bertz CT molecular complexity index is 758. The monoisotopic (exact) mass is 327 g/mol. The minimum absolute atomic E-state index is 0.0343. The van der Waals surface area contributed by atoms with E-state index in [0.717, 1.165) is 17.1 Å². The fourth-order valence-electron chi connectivity index (χ4n) is 2.95. The SMILES string of the molecule is CC(=O)N(C)c1ccc(NC(=O)c2cc(C)n(C(C)C)c2C)cc1. The fourth-order valence-corrected chi connectivity index (χ4v) is 2.95. The van der Waals surface area contributed by atoms with Gasteiger partial charge in [0.15, 0.2) is 0 Å². The third-order valence-corrected chi connectivity index (χ3v) is 4.23. The third-order valence-electron chi connectivity index (χ3n) is 4.23. The van der Waals surface area contributed by atoms with Crippen LogP contribution in [0.25, 0.3) is 0 Å². The van der Waals surface area contributed by atoms with Crippen LogP contribution in [0.5, 0.6) is 0 Å². The Balaban J connectivity index is 2.19. The van der Waals surface area contributed by atoms with Crippen molar-refractivity contribution < 1.29 is 9.59 Å². The number of rotatable bonds is 4. The van der Waals surface area contributed by atoms with Crippen molar-refractivity contribution in [2.45, 2.75) is 40.7 Å². The molecule has 0 saturated carbocycles. The Morgan fingerprint density at radius 1 is 1.12 bits per heavy atom. The van der Waals surface area contributed by atoms with Crippen LogP contribution >= 0.6 is 0 Å². The molecular formula is C19H25N3O2. The van der Waals surface area contributed by atoms with E-state index in [0.29, 0.717) is 17.3 Å². The van der Waals surface area contributed by atoms with Crippen LogP contribution < -0.4 is 10.2 Å². The summed E-state index contributed by atoms with van der Waals surface area (Å²) in [6.45, 7) is 9.70. The summed E-state index contributed by atoms with van der Waals surface area (Å²) in [6.07, 6.45) is 0. The van der Waals surface area contributed by atoms with Gasteiger partial charge in [0.05, 0.1) is 5.56 Å². The van der Waals surface area contributed by atoms with E-state index in [9.17, 15) is 9.59 Å². The van der Waals surface area contributed by atoms with Gasteiger partial charge in [-0.2, -0.15) is 0 Å². The van der Waals surface area contributed by atoms with Crippen LogP contribution in [0.15, 0.2) is 30.3 Å². The molecule has 1 aromatic heterocycles. The van der Waals surface area contributed by atoms with Gasteiger partial charge in [0.25, 0.3) is 5.91 Å². The normalized spacial score (nSPS) is 10.8. The lowest BCUT2D eigenvalue weighted by molar-refractivity contribution is -0.116. The van der Waals surface area contributed by atoms with E-state index in [1.807, 2.05) is 32.0 Å². The van der Waals surface area contributed by atoms with Crippen LogP contribution in [0.3, 0.4) is 0 Å². The summed E-state index contributed by atoms with van der Waals surface area (Å²) in [7, 11) is 1.72. The predicted octanol–water partition coefficient (Wildman–Crippen LogP) is 3.92. The van der Waals surface area contributed by atoms with Crippen molar-refractivity contribution in [1.29, 1.82) is 0 Å². The molecule has 1 N–H and O–H groups in total. The Labute approximate surface area is 143 Å². The number of nitrogens with one attached hydrogen (secondary N) is 1. The van der Waals surface area contributed by atoms with E-state index in [2.05, 4.69) is 23.7 Å². The van der Waals surface area contributed by atoms with E-state index >= 15 is 0 Å². The van der Waals surface area contributed by atoms with Gasteiger partial charge in [0, 0.05) is 42.8 Å². The first-order valence-corrected chi connectivity index (χ1v) is 8.06. The molecule has 2 aromatic rings. The molecule has 0 unspecified atom stereocenters. The number of benzene rings is 1. The zero-order chi connectivity index (χ0) is 18.0. The van der Waals surface area contributed by atoms with Gasteiger partial charge in [-0.25, -0.2) is 0 Å². The molecule has 0 atom stereocenters. The molecule has 0 fully saturated rings. The average Bonchev–Trinajstić information content (AvgIpc) is 2.82. The number of carbonyl (C=O) groups excluding carboxylic acids is 2. The molecule has 0 spiro atoms. The lowest BCUT2D eigenvalue weighted by atomic mass is 10.2. The second-order valence-corrected chi connectivity index (χ2v) is 6.33. The number of carbonyl (C=O) groups is 2. The summed E-state index contributed by atoms with van der Waals surface area (Å²) < 4.78 is 2.15. The number of aromatic nitrogens is 1. The lowest BCUT2D eigenvalue weighted by Crippen LogP contribution is -2.22. The van der Waals surface area contributed by atoms with Gasteiger partial charge in [0.1, 0.15) is 0 Å². The fraction of sp³-hybridized carbons (Fsp3) is 0.368. The maximum Gasteiger partial charge on any atom is 0.257 e. The van der Waals surface area contributed by atoms with Gasteiger partial charge in [-0.05, 0) is 58.0 Å². The van der Waals surface area contributed by atoms with Crippen molar-refractivity contribution in [2.24, 2.45) is 0 Å². The van der Waals surface area contributed by atoms with Crippen LogP contribution in [0.4, 0.5) is 11.4 Å². The topological polar surface area (TPSA) is 54.3 Å². The third kappa shape index (κ3) is 3.50. The molecule has 2 rings (SSSR count). The first kappa shape index (κ1) is 17.8. The Morgan fingerprint density at radius 2 is 1.71 bits per heavy atom. The van der Waals surface area contributed by atoms with Gasteiger partial charge in [-0.15, -0.1) is 0 Å². The highest BCUT2D eigenvalue weighted by Gasteiger charge is 2.17. The highest BCUT2D eigenvalue weighted by Crippen LogP contribution is 2.22. The smallest absolute Gasteiger partial charge is 0.257 e. The van der Waals surface area contributed by atoms with Crippen LogP contribution in [-0.2, 0) is 4.79 Å². The average molecular weight is 327 g/mol. The standard InChI is InChI=1S/C19H25N3O2/c1-12(2)22-13(3)11-18(14(22)4)19(24)20-16-7-9-17(10-8-16)21(6)15(5)23/h7-12H,1-6H3,(H,20,24). The quantitative estimate of drug-likeness (QED) is 0.925. The summed E-state index contributed by atoms with van der Waals surface area (Å²) in [4.78, 5) is 25.5. The van der Waals surface area contributed by atoms with Crippen LogP contribution in [0.1, 0.15) is 48.6 Å². The predicted molar refractivity (Wildman–Crippen MR) is 97.8 cm³/mol. The zero-order valence-electron chi connectivity index (χ0n) is 15.2. The first-order valence-electron chi connectivity index (χ1n) is 8.06. The number of amides is 2. The molecule has 0 aliphatic rings. The second-order valence-electron chi connectivity index (χ2n) is 6.33. The molecule has 0 radical (unpaired) electrons. The summed E-state index contributed by atoms with van der Waals surface area (Å²) in [6, 6.07) is 9.46. The molecule has 0 aliphatic heterocycles. The Kier molecular flexibility index (Phi) is 5.12. The van der Waals surface area contributed by atoms with E-state index in [1.165, 1.54) is 6.92 Å². The van der Waals surface area contributed by atoms with Crippen molar-refractivity contribution in [3.05, 3.63) is 47.3 Å². The van der Waals surface area contributed by atoms with Crippen molar-refractivity contribution >= 4 is 23.2 Å². The maximum absolute atomic E-state index is 12.6. The van der Waals surface area contributed by atoms with Crippen LogP contribution in [0, 0.1) is 13.8 Å². The maximum atomic E-state index is 12.6. The molecular weight excluding hydrogens is 302 g/mol. The van der Waals surface area contributed by atoms with Crippen molar-refractivity contribution in [2.75, 3.05) is 17.3 Å². The van der Waals surface area contributed by atoms with Gasteiger partial charge in [0.2, 0.25) is 5.91 Å². The highest BCUT2D eigenvalue weighted by molar-refractivity contribution is 6.05. The minimum atomic E-state index is -0.123. The second kappa shape index (κ2) is 6.91. The highest BCUT2D eigenvalue weighted by atomic mass is 16.2. The number of hydrogen-bond acceptors (Lipinski definition) is 2. The van der Waals surface area contributed by atoms with Gasteiger partial charge in [-0.3, -0.25) is 9.59 Å². The molecule has 128 valence electrons. The van der Waals surface area contributed by atoms with Gasteiger partial charge >= 0.3 is 0 Å². The van der Waals surface area contributed by atoms with Crippen LogP contribution in [-0.4, -0.2) is 23.4 Å². The summed E-state index contributed by atoms with van der Waals surface area (Å²) in [5.41, 5.74) is 4.22. The number of anilines is 2. The van der Waals surface area contributed by atoms with Crippen molar-refractivity contribution in [3.63, 3.8) is 0 Å². The Morgan fingerprint density at radius 3 is 2.17 bits per heavy atom. The van der Waals surface area contributed by atoms with Crippen LogP contribution in [0.2, 0.25) is 0 Å². The zero-order valence-corrected chi connectivity index (χ0v) is 15.2. The van der Waals surface area contributed by atoms with E-state index in [1.54, 1.807) is 24.1 Å². The van der Waals surface area contributed by atoms with Gasteiger partial charge < -0.3 is 14.8 Å². The molecule has 2 amide bonds. The molecule has 1 heterocycles. The molecule has 5 nitrogen and oxygen atoms in total. The molecule has 24 heavy (non-hydrogen) atoms. The molecule has 1 aromatic carbocycles. The Hall–Kier alpha value is -2.56. The summed E-state index contributed by atoms with van der Waals surface area (Å²) in [5.74, 6) is -0.157. The minimum Gasteiger partial charge on any atom is -0.346 e. The summed E-state index contributed by atoms with van der Waals surface area (Å²) >= 11 is 0. The van der Waals surface area contributed by atoms with Gasteiger partial charge in [-0.1, -0.05) is 0 Å². The number of aryl methyl sites for hydroxylation is 1. The lowest BCUT2D eigenvalue weighted by Gasteiger charge is -2.15. The van der Waals surface area contributed by atoms with E-state index in [-0.39, 0.29) is 11.8 Å². The van der Waals surface area contributed by atoms with E-state index < -0.39 is 0 Å². The van der Waals surface area contributed by atoms with E-state index in [4.69, 9.17) is 0 Å². The molecule has 0 bridgehead atoms. The number of hydrogen-bond donors (Lipinski definition) is 1. The first-order chi connectivity index (χ1) is 11.2. The van der Waals surface area contributed by atoms with Crippen molar-refractivity contribution in [3.8, 4) is 0 Å². The van der Waals surface area contributed by atoms with Crippen molar-refractivity contribution in [1.82, 2.24) is 4.57 Å².